The van der Waals surface area contributed by atoms with Crippen LogP contribution >= 0.6 is 0 Å². The lowest BCUT2D eigenvalue weighted by atomic mass is 10.1. The number of methoxy groups -OCH3 is 1. The van der Waals surface area contributed by atoms with Crippen molar-refractivity contribution in [2.75, 3.05) is 17.7 Å². The normalized spacial score (nSPS) is 13.5. The van der Waals surface area contributed by atoms with Crippen LogP contribution in [0, 0.1) is 0 Å². The number of nitrogen functional groups attached to an aromatic ring is 1. The summed E-state index contributed by atoms with van der Waals surface area (Å²) < 4.78 is 5.19. The monoisotopic (exact) mass is 254 g/mol. The molecule has 96 valence electrons. The van der Waals surface area contributed by atoms with E-state index in [0.717, 1.165) is 17.0 Å². The molecule has 4 heteroatoms. The summed E-state index contributed by atoms with van der Waals surface area (Å²) >= 11 is 0. The molecule has 2 N–H and O–H groups in total. The third-order valence-electron chi connectivity index (χ3n) is 3.34. The van der Waals surface area contributed by atoms with Crippen molar-refractivity contribution in [1.82, 2.24) is 0 Å². The first-order chi connectivity index (χ1) is 9.20. The average Bonchev–Trinajstić information content (AvgIpc) is 2.77. The fourth-order valence-electron chi connectivity index (χ4n) is 2.38. The summed E-state index contributed by atoms with van der Waals surface area (Å²) in [5, 5.41) is 0. The number of fused-ring (bicyclic) bond motifs is 1. The number of nitrogens with zero attached hydrogens (tertiary/aromatic N) is 1. The van der Waals surface area contributed by atoms with Crippen LogP contribution in [0.1, 0.15) is 15.9 Å². The molecule has 0 radical (unpaired) electrons. The molecule has 0 fully saturated rings. The van der Waals surface area contributed by atoms with Crippen LogP contribution in [-0.4, -0.2) is 13.0 Å². The molecule has 1 amide bonds. The molecular formula is C15H14N2O2. The van der Waals surface area contributed by atoms with Crippen LogP contribution in [0.2, 0.25) is 0 Å². The van der Waals surface area contributed by atoms with Crippen molar-refractivity contribution < 1.29 is 9.53 Å². The fraction of sp³-hybridized carbons (Fsp3) is 0.133. The Labute approximate surface area is 111 Å². The zero-order chi connectivity index (χ0) is 13.4. The molecule has 19 heavy (non-hydrogen) atoms. The second-order valence-electron chi connectivity index (χ2n) is 4.47. The highest BCUT2D eigenvalue weighted by Gasteiger charge is 2.30. The summed E-state index contributed by atoms with van der Waals surface area (Å²) in [5.41, 5.74) is 8.82. The van der Waals surface area contributed by atoms with Crippen LogP contribution < -0.4 is 15.4 Å². The minimum atomic E-state index is -0.0543. The van der Waals surface area contributed by atoms with Crippen LogP contribution in [0.25, 0.3) is 0 Å². The maximum absolute atomic E-state index is 12.4. The number of anilines is 2. The third-order valence-corrected chi connectivity index (χ3v) is 3.34. The predicted molar refractivity (Wildman–Crippen MR) is 74.4 cm³/mol. The molecule has 0 saturated carbocycles. The van der Waals surface area contributed by atoms with Crippen molar-refractivity contribution >= 4 is 17.3 Å². The first kappa shape index (κ1) is 11.6. The van der Waals surface area contributed by atoms with E-state index in [4.69, 9.17) is 10.5 Å². The molecule has 1 aliphatic heterocycles. The Hall–Kier alpha value is -2.49. The Kier molecular flexibility index (Phi) is 2.63. The minimum Gasteiger partial charge on any atom is -0.497 e. The van der Waals surface area contributed by atoms with Crippen molar-refractivity contribution in [3.63, 3.8) is 0 Å². The average molecular weight is 254 g/mol. The van der Waals surface area contributed by atoms with Crippen molar-refractivity contribution in [2.45, 2.75) is 6.54 Å². The van der Waals surface area contributed by atoms with Gasteiger partial charge in [-0.3, -0.25) is 4.79 Å². The maximum Gasteiger partial charge on any atom is 0.261 e. The highest BCUT2D eigenvalue weighted by molar-refractivity contribution is 6.13. The molecule has 2 aromatic rings. The van der Waals surface area contributed by atoms with Crippen molar-refractivity contribution in [2.24, 2.45) is 0 Å². The van der Waals surface area contributed by atoms with E-state index in [9.17, 15) is 4.79 Å². The fourth-order valence-corrected chi connectivity index (χ4v) is 2.38. The van der Waals surface area contributed by atoms with Gasteiger partial charge in [0.1, 0.15) is 5.75 Å². The lowest BCUT2D eigenvalue weighted by molar-refractivity contribution is 0.0997. The van der Waals surface area contributed by atoms with Crippen LogP contribution in [0.5, 0.6) is 5.75 Å². The van der Waals surface area contributed by atoms with Crippen LogP contribution in [0.15, 0.2) is 42.5 Å². The highest BCUT2D eigenvalue weighted by Crippen LogP contribution is 2.32. The predicted octanol–water partition coefficient (Wildman–Crippen LogP) is 2.44. The molecule has 2 aromatic carbocycles. The molecule has 0 unspecified atom stereocenters. The van der Waals surface area contributed by atoms with Crippen molar-refractivity contribution in [3.05, 3.63) is 53.6 Å². The Morgan fingerprint density at radius 3 is 2.74 bits per heavy atom. The summed E-state index contributed by atoms with van der Waals surface area (Å²) in [6.07, 6.45) is 0. The maximum atomic E-state index is 12.4. The van der Waals surface area contributed by atoms with Crippen LogP contribution in [-0.2, 0) is 6.54 Å². The van der Waals surface area contributed by atoms with Gasteiger partial charge in [-0.1, -0.05) is 18.2 Å². The van der Waals surface area contributed by atoms with Crippen molar-refractivity contribution in [3.8, 4) is 5.75 Å². The van der Waals surface area contributed by atoms with Gasteiger partial charge in [-0.15, -0.1) is 0 Å². The van der Waals surface area contributed by atoms with Gasteiger partial charge in [0.2, 0.25) is 0 Å². The van der Waals surface area contributed by atoms with Gasteiger partial charge in [0.15, 0.2) is 0 Å². The molecule has 0 aliphatic carbocycles. The number of benzene rings is 2. The number of carbonyl (C=O) groups is 1. The number of ether oxygens (including phenoxy) is 1. The molecule has 0 spiro atoms. The molecular weight excluding hydrogens is 240 g/mol. The van der Waals surface area contributed by atoms with E-state index in [1.807, 2.05) is 36.4 Å². The molecule has 0 atom stereocenters. The Morgan fingerprint density at radius 2 is 2.00 bits per heavy atom. The minimum absolute atomic E-state index is 0.0543. The van der Waals surface area contributed by atoms with Gasteiger partial charge in [-0.05, 0) is 23.8 Å². The number of hydrogen-bond acceptors (Lipinski definition) is 3. The van der Waals surface area contributed by atoms with Crippen LogP contribution in [0.4, 0.5) is 11.4 Å². The Balaban J connectivity index is 2.02. The lowest BCUT2D eigenvalue weighted by Gasteiger charge is -2.16. The second kappa shape index (κ2) is 4.31. The van der Waals surface area contributed by atoms with E-state index in [1.54, 1.807) is 18.1 Å². The van der Waals surface area contributed by atoms with Gasteiger partial charge in [0, 0.05) is 17.4 Å². The quantitative estimate of drug-likeness (QED) is 0.837. The topological polar surface area (TPSA) is 55.6 Å². The standard InChI is InChI=1S/C15H14N2O2/c1-19-12-6-3-5-11(8-12)17-9-10-4-2-7-13(16)14(10)15(17)18/h2-8H,9,16H2,1H3. The zero-order valence-corrected chi connectivity index (χ0v) is 10.6. The summed E-state index contributed by atoms with van der Waals surface area (Å²) in [5.74, 6) is 0.676. The molecule has 3 rings (SSSR count). The van der Waals surface area contributed by atoms with Gasteiger partial charge in [0.25, 0.3) is 5.91 Å². The third kappa shape index (κ3) is 1.81. The van der Waals surface area contributed by atoms with Gasteiger partial charge < -0.3 is 15.4 Å². The van der Waals surface area contributed by atoms with Gasteiger partial charge >= 0.3 is 0 Å². The van der Waals surface area contributed by atoms with E-state index in [2.05, 4.69) is 0 Å². The Bertz CT molecular complexity index is 652. The number of amides is 1. The van der Waals surface area contributed by atoms with Gasteiger partial charge in [-0.2, -0.15) is 0 Å². The molecule has 0 saturated heterocycles. The van der Waals surface area contributed by atoms with E-state index < -0.39 is 0 Å². The molecule has 1 heterocycles. The van der Waals surface area contributed by atoms with E-state index >= 15 is 0 Å². The van der Waals surface area contributed by atoms with E-state index in [0.29, 0.717) is 17.8 Å². The van der Waals surface area contributed by atoms with Crippen molar-refractivity contribution in [1.29, 1.82) is 0 Å². The number of nitrogens with two attached hydrogens (primary N) is 1. The summed E-state index contributed by atoms with van der Waals surface area (Å²) in [6, 6.07) is 13.0. The zero-order valence-electron chi connectivity index (χ0n) is 10.6. The molecule has 4 nitrogen and oxygen atoms in total. The first-order valence-electron chi connectivity index (χ1n) is 6.04. The first-order valence-corrected chi connectivity index (χ1v) is 6.04. The summed E-state index contributed by atoms with van der Waals surface area (Å²) in [4.78, 5) is 14.1. The molecule has 1 aliphatic rings. The van der Waals surface area contributed by atoms with Crippen LogP contribution in [0.3, 0.4) is 0 Å². The van der Waals surface area contributed by atoms with E-state index in [-0.39, 0.29) is 5.91 Å². The highest BCUT2D eigenvalue weighted by atomic mass is 16.5. The number of rotatable bonds is 2. The summed E-state index contributed by atoms with van der Waals surface area (Å²) in [7, 11) is 1.61. The second-order valence-corrected chi connectivity index (χ2v) is 4.47. The smallest absolute Gasteiger partial charge is 0.261 e. The SMILES string of the molecule is COc1cccc(N2Cc3cccc(N)c3C2=O)c1. The Morgan fingerprint density at radius 1 is 1.21 bits per heavy atom. The molecule has 0 aromatic heterocycles. The summed E-state index contributed by atoms with van der Waals surface area (Å²) in [6.45, 7) is 0.548. The van der Waals surface area contributed by atoms with Gasteiger partial charge in [0.05, 0.1) is 19.2 Å². The largest absolute Gasteiger partial charge is 0.497 e. The van der Waals surface area contributed by atoms with Gasteiger partial charge in [-0.25, -0.2) is 0 Å². The lowest BCUT2D eigenvalue weighted by Crippen LogP contribution is -2.23. The van der Waals surface area contributed by atoms with E-state index in [1.165, 1.54) is 0 Å². The number of hydrogen-bond donors (Lipinski definition) is 1. The number of carbonyl (C=O) groups excluding carboxylic acids is 1. The molecule has 0 bridgehead atoms.